The number of aryl methyl sites for hydroxylation is 1. The van der Waals surface area contributed by atoms with Crippen LogP contribution < -0.4 is 4.74 Å². The Morgan fingerprint density at radius 2 is 2.00 bits per heavy atom. The van der Waals surface area contributed by atoms with Crippen LogP contribution in [0.2, 0.25) is 10.0 Å². The third kappa shape index (κ3) is 4.17. The molecule has 2 atom stereocenters. The van der Waals surface area contributed by atoms with E-state index in [1.807, 2.05) is 31.2 Å². The predicted octanol–water partition coefficient (Wildman–Crippen LogP) is 5.64. The first-order valence-corrected chi connectivity index (χ1v) is 9.80. The molecule has 2 unspecified atom stereocenters. The highest BCUT2D eigenvalue weighted by atomic mass is 35.5. The van der Waals surface area contributed by atoms with Crippen molar-refractivity contribution < 1.29 is 14.6 Å². The Kier molecular flexibility index (Phi) is 6.18. The van der Waals surface area contributed by atoms with E-state index in [9.17, 15) is 9.90 Å². The van der Waals surface area contributed by atoms with Crippen molar-refractivity contribution in [2.24, 2.45) is 0 Å². The van der Waals surface area contributed by atoms with Crippen LogP contribution in [0, 0.1) is 0 Å². The van der Waals surface area contributed by atoms with E-state index in [4.69, 9.17) is 27.9 Å². The Hall–Kier alpha value is -1.91. The average Bonchev–Trinajstić information content (AvgIpc) is 2.66. The molecule has 2 aromatic carbocycles. The SMILES string of the molecule is CCN(C(=O)O)C1CCc2ccc(OC)cc2C1Cc1ccc(Cl)c(Cl)c1. The van der Waals surface area contributed by atoms with E-state index in [0.29, 0.717) is 23.0 Å². The summed E-state index contributed by atoms with van der Waals surface area (Å²) < 4.78 is 5.41. The van der Waals surface area contributed by atoms with Gasteiger partial charge in [-0.05, 0) is 67.1 Å². The number of ether oxygens (including phenoxy) is 1. The van der Waals surface area contributed by atoms with Crippen LogP contribution in [0.15, 0.2) is 36.4 Å². The second kappa shape index (κ2) is 8.41. The van der Waals surface area contributed by atoms with Gasteiger partial charge in [0.05, 0.1) is 17.2 Å². The van der Waals surface area contributed by atoms with Crippen LogP contribution in [0.3, 0.4) is 0 Å². The van der Waals surface area contributed by atoms with Gasteiger partial charge in [-0.25, -0.2) is 4.79 Å². The Balaban J connectivity index is 2.04. The van der Waals surface area contributed by atoms with Gasteiger partial charge >= 0.3 is 6.09 Å². The van der Waals surface area contributed by atoms with Crippen molar-refractivity contribution in [1.29, 1.82) is 0 Å². The van der Waals surface area contributed by atoms with Gasteiger partial charge in [0.2, 0.25) is 0 Å². The minimum atomic E-state index is -0.881. The standard InChI is InChI=1S/C21H23Cl2NO3/c1-3-24(21(25)26)20-9-6-14-5-7-15(27-2)12-16(14)17(20)10-13-4-8-18(22)19(23)11-13/h4-5,7-8,11-12,17,20H,3,6,9-10H2,1-2H3,(H,25,26). The number of hydrogen-bond acceptors (Lipinski definition) is 2. The second-order valence-corrected chi connectivity index (χ2v) is 7.61. The van der Waals surface area contributed by atoms with E-state index in [0.717, 1.165) is 29.7 Å². The number of hydrogen-bond donors (Lipinski definition) is 1. The number of amides is 1. The molecule has 0 aliphatic heterocycles. The Labute approximate surface area is 169 Å². The topological polar surface area (TPSA) is 49.8 Å². The van der Waals surface area contributed by atoms with Gasteiger partial charge in [0.15, 0.2) is 0 Å². The lowest BCUT2D eigenvalue weighted by molar-refractivity contribution is 0.113. The molecule has 2 aromatic rings. The second-order valence-electron chi connectivity index (χ2n) is 6.80. The summed E-state index contributed by atoms with van der Waals surface area (Å²) in [5, 5.41) is 10.7. The number of carbonyl (C=O) groups is 1. The molecule has 0 radical (unpaired) electrons. The molecule has 0 saturated heterocycles. The molecule has 0 spiro atoms. The number of rotatable bonds is 5. The fourth-order valence-corrected chi connectivity index (χ4v) is 4.36. The van der Waals surface area contributed by atoms with Crippen LogP contribution >= 0.6 is 23.2 Å². The molecule has 4 nitrogen and oxygen atoms in total. The van der Waals surface area contributed by atoms with Crippen molar-refractivity contribution in [3.8, 4) is 5.75 Å². The summed E-state index contributed by atoms with van der Waals surface area (Å²) in [7, 11) is 1.64. The number of fused-ring (bicyclic) bond motifs is 1. The minimum Gasteiger partial charge on any atom is -0.497 e. The molecule has 0 saturated carbocycles. The van der Waals surface area contributed by atoms with Crippen molar-refractivity contribution in [3.05, 3.63) is 63.1 Å². The van der Waals surface area contributed by atoms with Gasteiger partial charge < -0.3 is 14.7 Å². The summed E-state index contributed by atoms with van der Waals surface area (Å²) in [4.78, 5) is 13.4. The van der Waals surface area contributed by atoms with E-state index >= 15 is 0 Å². The van der Waals surface area contributed by atoms with Crippen molar-refractivity contribution in [2.45, 2.75) is 38.1 Å². The van der Waals surface area contributed by atoms with Gasteiger partial charge in [-0.1, -0.05) is 35.3 Å². The fourth-order valence-electron chi connectivity index (χ4n) is 4.04. The molecular weight excluding hydrogens is 385 g/mol. The van der Waals surface area contributed by atoms with Crippen molar-refractivity contribution in [2.75, 3.05) is 13.7 Å². The highest BCUT2D eigenvalue weighted by molar-refractivity contribution is 6.42. The molecule has 6 heteroatoms. The maximum atomic E-state index is 11.8. The summed E-state index contributed by atoms with van der Waals surface area (Å²) >= 11 is 12.3. The van der Waals surface area contributed by atoms with Crippen LogP contribution in [-0.2, 0) is 12.8 Å². The summed E-state index contributed by atoms with van der Waals surface area (Å²) in [6, 6.07) is 11.6. The third-order valence-electron chi connectivity index (χ3n) is 5.35. The van der Waals surface area contributed by atoms with Crippen molar-refractivity contribution in [1.82, 2.24) is 4.90 Å². The van der Waals surface area contributed by atoms with E-state index in [1.165, 1.54) is 5.56 Å². The molecule has 0 fully saturated rings. The molecule has 1 N–H and O–H groups in total. The Bertz CT molecular complexity index is 840. The lowest BCUT2D eigenvalue weighted by atomic mass is 9.75. The lowest BCUT2D eigenvalue weighted by Gasteiger charge is -2.39. The zero-order valence-corrected chi connectivity index (χ0v) is 16.9. The Morgan fingerprint density at radius 1 is 1.22 bits per heavy atom. The normalized spacial score (nSPS) is 18.7. The van der Waals surface area contributed by atoms with Crippen LogP contribution in [-0.4, -0.2) is 35.8 Å². The van der Waals surface area contributed by atoms with Gasteiger partial charge in [-0.3, -0.25) is 0 Å². The maximum absolute atomic E-state index is 11.8. The smallest absolute Gasteiger partial charge is 0.407 e. The van der Waals surface area contributed by atoms with Crippen LogP contribution in [0.25, 0.3) is 0 Å². The largest absolute Gasteiger partial charge is 0.497 e. The first-order chi connectivity index (χ1) is 12.9. The molecular formula is C21H23Cl2NO3. The minimum absolute atomic E-state index is 0.0251. The van der Waals surface area contributed by atoms with Crippen LogP contribution in [0.1, 0.15) is 36.0 Å². The third-order valence-corrected chi connectivity index (χ3v) is 6.09. The average molecular weight is 408 g/mol. The van der Waals surface area contributed by atoms with E-state index in [1.54, 1.807) is 18.1 Å². The summed E-state index contributed by atoms with van der Waals surface area (Å²) in [5.41, 5.74) is 3.44. The van der Waals surface area contributed by atoms with Gasteiger partial charge in [0.1, 0.15) is 5.75 Å². The Morgan fingerprint density at radius 3 is 2.63 bits per heavy atom. The highest BCUT2D eigenvalue weighted by Gasteiger charge is 2.35. The number of benzene rings is 2. The molecule has 144 valence electrons. The molecule has 0 bridgehead atoms. The van der Waals surface area contributed by atoms with E-state index in [-0.39, 0.29) is 12.0 Å². The number of methoxy groups -OCH3 is 1. The number of nitrogens with zero attached hydrogens (tertiary/aromatic N) is 1. The summed E-state index contributed by atoms with van der Waals surface area (Å²) in [6.07, 6.45) is 1.45. The molecule has 0 aromatic heterocycles. The van der Waals surface area contributed by atoms with Crippen LogP contribution in [0.4, 0.5) is 4.79 Å². The molecule has 1 aliphatic rings. The molecule has 3 rings (SSSR count). The number of halogens is 2. The quantitative estimate of drug-likeness (QED) is 0.696. The van der Waals surface area contributed by atoms with E-state index < -0.39 is 6.09 Å². The predicted molar refractivity (Wildman–Crippen MR) is 108 cm³/mol. The van der Waals surface area contributed by atoms with Crippen LogP contribution in [0.5, 0.6) is 5.75 Å². The van der Waals surface area contributed by atoms with Crippen molar-refractivity contribution in [3.63, 3.8) is 0 Å². The maximum Gasteiger partial charge on any atom is 0.407 e. The van der Waals surface area contributed by atoms with Gasteiger partial charge in [0.25, 0.3) is 0 Å². The monoisotopic (exact) mass is 407 g/mol. The molecule has 1 aliphatic carbocycles. The molecule has 1 amide bonds. The number of likely N-dealkylation sites (N-methyl/N-ethyl adjacent to an activating group) is 1. The van der Waals surface area contributed by atoms with Crippen molar-refractivity contribution >= 4 is 29.3 Å². The fraction of sp³-hybridized carbons (Fsp3) is 0.381. The van der Waals surface area contributed by atoms with Gasteiger partial charge in [-0.2, -0.15) is 0 Å². The van der Waals surface area contributed by atoms with Gasteiger partial charge in [0, 0.05) is 18.5 Å². The van der Waals surface area contributed by atoms with Gasteiger partial charge in [-0.15, -0.1) is 0 Å². The molecule has 27 heavy (non-hydrogen) atoms. The zero-order valence-electron chi connectivity index (χ0n) is 15.4. The molecule has 0 heterocycles. The summed E-state index contributed by atoms with van der Waals surface area (Å²) in [6.45, 7) is 2.34. The first-order valence-electron chi connectivity index (χ1n) is 9.04. The highest BCUT2D eigenvalue weighted by Crippen LogP contribution is 2.39. The first kappa shape index (κ1) is 19.8. The number of carboxylic acid groups (broad SMARTS) is 1. The van der Waals surface area contributed by atoms with E-state index in [2.05, 4.69) is 6.07 Å². The lowest BCUT2D eigenvalue weighted by Crippen LogP contribution is -2.45. The summed E-state index contributed by atoms with van der Waals surface area (Å²) in [5.74, 6) is 0.809. The zero-order chi connectivity index (χ0) is 19.6.